The van der Waals surface area contributed by atoms with Crippen LogP contribution < -0.4 is 0 Å². The van der Waals surface area contributed by atoms with Crippen molar-refractivity contribution in [2.75, 3.05) is 5.75 Å². The molecule has 5 nitrogen and oxygen atoms in total. The summed E-state index contributed by atoms with van der Waals surface area (Å²) in [6.45, 7) is 0. The SMILES string of the molecule is O=C(O)CSc1nc2cc(-c3cc4ccccc4o3)c(Cl)cc2[nH]1. The molecule has 2 N–H and O–H groups in total. The largest absolute Gasteiger partial charge is 0.481 e. The number of carboxylic acid groups (broad SMARTS) is 1. The number of rotatable bonds is 4. The van der Waals surface area contributed by atoms with Gasteiger partial charge in [0.05, 0.1) is 21.8 Å². The quantitative estimate of drug-likeness (QED) is 0.512. The van der Waals surface area contributed by atoms with Crippen molar-refractivity contribution >= 4 is 51.3 Å². The van der Waals surface area contributed by atoms with Gasteiger partial charge in [-0.25, -0.2) is 4.98 Å². The Morgan fingerprint density at radius 1 is 1.29 bits per heavy atom. The highest BCUT2D eigenvalue weighted by Gasteiger charge is 2.14. The molecule has 0 bridgehead atoms. The molecule has 24 heavy (non-hydrogen) atoms. The van der Waals surface area contributed by atoms with E-state index in [1.54, 1.807) is 6.07 Å². The highest BCUT2D eigenvalue weighted by Crippen LogP contribution is 2.35. The number of halogens is 1. The number of aliphatic carboxylic acids is 1. The molecule has 2 heterocycles. The summed E-state index contributed by atoms with van der Waals surface area (Å²) in [6, 6.07) is 13.3. The summed E-state index contributed by atoms with van der Waals surface area (Å²) >= 11 is 7.53. The molecule has 0 fully saturated rings. The first-order valence-electron chi connectivity index (χ1n) is 7.13. The van der Waals surface area contributed by atoms with Crippen molar-refractivity contribution in [2.24, 2.45) is 0 Å². The number of hydrogen-bond donors (Lipinski definition) is 2. The fourth-order valence-corrected chi connectivity index (χ4v) is 3.37. The second-order valence-corrected chi connectivity index (χ2v) is 6.59. The van der Waals surface area contributed by atoms with Crippen LogP contribution in [-0.2, 0) is 4.79 Å². The number of aromatic nitrogens is 2. The minimum Gasteiger partial charge on any atom is -0.481 e. The molecule has 0 spiro atoms. The molecular weight excluding hydrogens is 348 g/mol. The number of H-pyrrole nitrogens is 1. The van der Waals surface area contributed by atoms with Gasteiger partial charge in [0.2, 0.25) is 0 Å². The fraction of sp³-hybridized carbons (Fsp3) is 0.0588. The van der Waals surface area contributed by atoms with Gasteiger partial charge in [0.1, 0.15) is 11.3 Å². The number of thioether (sulfide) groups is 1. The van der Waals surface area contributed by atoms with Gasteiger partial charge in [-0.2, -0.15) is 0 Å². The molecule has 2 aromatic heterocycles. The van der Waals surface area contributed by atoms with Gasteiger partial charge in [-0.3, -0.25) is 4.79 Å². The molecule has 0 amide bonds. The maximum Gasteiger partial charge on any atom is 0.313 e. The number of nitrogens with zero attached hydrogens (tertiary/aromatic N) is 1. The monoisotopic (exact) mass is 358 g/mol. The van der Waals surface area contributed by atoms with Crippen LogP contribution in [0.3, 0.4) is 0 Å². The van der Waals surface area contributed by atoms with E-state index >= 15 is 0 Å². The van der Waals surface area contributed by atoms with Crippen LogP contribution in [0.15, 0.2) is 52.0 Å². The maximum absolute atomic E-state index is 10.7. The Bertz CT molecular complexity index is 1040. The zero-order valence-electron chi connectivity index (χ0n) is 12.2. The van der Waals surface area contributed by atoms with Crippen LogP contribution in [0.25, 0.3) is 33.3 Å². The van der Waals surface area contributed by atoms with Crippen LogP contribution in [0.2, 0.25) is 5.02 Å². The number of para-hydroxylation sites is 1. The van der Waals surface area contributed by atoms with Gasteiger partial charge >= 0.3 is 5.97 Å². The van der Waals surface area contributed by atoms with Gasteiger partial charge in [-0.1, -0.05) is 41.6 Å². The molecule has 4 aromatic rings. The summed E-state index contributed by atoms with van der Waals surface area (Å²) in [4.78, 5) is 18.2. The van der Waals surface area contributed by atoms with Gasteiger partial charge in [0.15, 0.2) is 5.16 Å². The Morgan fingerprint density at radius 3 is 2.92 bits per heavy atom. The number of carboxylic acids is 1. The molecule has 0 radical (unpaired) electrons. The third-order valence-corrected chi connectivity index (χ3v) is 4.74. The molecule has 4 rings (SSSR count). The second kappa shape index (κ2) is 5.89. The van der Waals surface area contributed by atoms with Crippen LogP contribution in [0.4, 0.5) is 0 Å². The van der Waals surface area contributed by atoms with E-state index in [2.05, 4.69) is 9.97 Å². The highest BCUT2D eigenvalue weighted by molar-refractivity contribution is 7.99. The van der Waals surface area contributed by atoms with E-state index in [4.69, 9.17) is 21.1 Å². The van der Waals surface area contributed by atoms with Crippen LogP contribution in [0.5, 0.6) is 0 Å². The first kappa shape index (κ1) is 15.1. The smallest absolute Gasteiger partial charge is 0.313 e. The Kier molecular flexibility index (Phi) is 3.70. The molecule has 0 saturated carbocycles. The van der Waals surface area contributed by atoms with Gasteiger partial charge in [0, 0.05) is 10.9 Å². The second-order valence-electron chi connectivity index (χ2n) is 5.22. The normalized spacial score (nSPS) is 11.4. The summed E-state index contributed by atoms with van der Waals surface area (Å²) in [5.41, 5.74) is 3.01. The number of furan rings is 1. The number of fused-ring (bicyclic) bond motifs is 2. The minimum atomic E-state index is -0.888. The maximum atomic E-state index is 10.7. The fourth-order valence-electron chi connectivity index (χ4n) is 2.51. The van der Waals surface area contributed by atoms with E-state index in [9.17, 15) is 4.79 Å². The van der Waals surface area contributed by atoms with Crippen LogP contribution in [0, 0.1) is 0 Å². The van der Waals surface area contributed by atoms with E-state index in [1.807, 2.05) is 36.4 Å². The lowest BCUT2D eigenvalue weighted by Gasteiger charge is -2.00. The molecule has 0 aliphatic heterocycles. The standard InChI is InChI=1S/C17H11ClN2O3S/c18-11-7-13-12(19-17(20-13)24-8-16(21)22)6-10(11)15-5-9-3-1-2-4-14(9)23-15/h1-7H,8H2,(H,19,20)(H,21,22). The highest BCUT2D eigenvalue weighted by atomic mass is 35.5. The van der Waals surface area contributed by atoms with Crippen LogP contribution in [-0.4, -0.2) is 26.8 Å². The Morgan fingerprint density at radius 2 is 2.12 bits per heavy atom. The Hall–Kier alpha value is -2.44. The van der Waals surface area contributed by atoms with Crippen molar-refractivity contribution in [3.05, 3.63) is 47.5 Å². The molecule has 0 aliphatic carbocycles. The summed E-state index contributed by atoms with van der Waals surface area (Å²) in [6.07, 6.45) is 0. The van der Waals surface area contributed by atoms with Crippen molar-refractivity contribution in [1.29, 1.82) is 0 Å². The third kappa shape index (κ3) is 2.74. The van der Waals surface area contributed by atoms with Crippen molar-refractivity contribution < 1.29 is 14.3 Å². The van der Waals surface area contributed by atoms with Gasteiger partial charge in [0.25, 0.3) is 0 Å². The zero-order chi connectivity index (χ0) is 16.7. The van der Waals surface area contributed by atoms with Crippen LogP contribution >= 0.6 is 23.4 Å². The van der Waals surface area contributed by atoms with Gasteiger partial charge in [-0.15, -0.1) is 0 Å². The number of benzene rings is 2. The molecule has 2 aromatic carbocycles. The summed E-state index contributed by atoms with van der Waals surface area (Å²) in [7, 11) is 0. The number of hydrogen-bond acceptors (Lipinski definition) is 4. The Balaban J connectivity index is 1.77. The summed E-state index contributed by atoms with van der Waals surface area (Å²) in [5.74, 6) is -0.267. The molecule has 0 unspecified atom stereocenters. The number of aromatic amines is 1. The third-order valence-electron chi connectivity index (χ3n) is 3.57. The van der Waals surface area contributed by atoms with Crippen molar-refractivity contribution in [1.82, 2.24) is 9.97 Å². The van der Waals surface area contributed by atoms with E-state index in [1.165, 1.54) is 0 Å². The molecular formula is C17H11ClN2O3S. The van der Waals surface area contributed by atoms with Crippen molar-refractivity contribution in [3.63, 3.8) is 0 Å². The lowest BCUT2D eigenvalue weighted by atomic mass is 10.1. The first-order chi connectivity index (χ1) is 11.6. The molecule has 0 atom stereocenters. The lowest BCUT2D eigenvalue weighted by Crippen LogP contribution is -1.97. The van der Waals surface area contributed by atoms with E-state index < -0.39 is 5.97 Å². The Labute approximate surface area is 145 Å². The van der Waals surface area contributed by atoms with E-state index in [0.717, 1.165) is 33.8 Å². The van der Waals surface area contributed by atoms with Crippen molar-refractivity contribution in [3.8, 4) is 11.3 Å². The average molecular weight is 359 g/mol. The molecule has 0 aliphatic rings. The number of imidazole rings is 1. The summed E-state index contributed by atoms with van der Waals surface area (Å²) < 4.78 is 5.86. The topological polar surface area (TPSA) is 79.1 Å². The van der Waals surface area contributed by atoms with Crippen LogP contribution in [0.1, 0.15) is 0 Å². The van der Waals surface area contributed by atoms with Crippen molar-refractivity contribution in [2.45, 2.75) is 5.16 Å². The number of carbonyl (C=O) groups is 1. The van der Waals surface area contributed by atoms with E-state index in [-0.39, 0.29) is 5.75 Å². The van der Waals surface area contributed by atoms with Gasteiger partial charge in [-0.05, 0) is 24.3 Å². The molecule has 7 heteroatoms. The average Bonchev–Trinajstić information content (AvgIpc) is 3.14. The molecule has 0 saturated heterocycles. The minimum absolute atomic E-state index is 0.0516. The predicted octanol–water partition coefficient (Wildman–Crippen LogP) is 4.81. The van der Waals surface area contributed by atoms with E-state index in [0.29, 0.717) is 21.5 Å². The van der Waals surface area contributed by atoms with Gasteiger partial charge < -0.3 is 14.5 Å². The molecule has 120 valence electrons. The summed E-state index contributed by atoms with van der Waals surface area (Å²) in [5, 5.41) is 10.9. The zero-order valence-corrected chi connectivity index (χ0v) is 13.8. The lowest BCUT2D eigenvalue weighted by molar-refractivity contribution is -0.133. The first-order valence-corrected chi connectivity index (χ1v) is 8.49. The predicted molar refractivity (Wildman–Crippen MR) is 94.7 cm³/mol. The number of nitrogens with one attached hydrogen (secondary N) is 1.